The van der Waals surface area contributed by atoms with Crippen molar-refractivity contribution in [3.63, 3.8) is 0 Å². The van der Waals surface area contributed by atoms with Gasteiger partial charge in [-0.3, -0.25) is 0 Å². The van der Waals surface area contributed by atoms with Crippen LogP contribution in [0.15, 0.2) is 12.1 Å². The Morgan fingerprint density at radius 3 is 2.84 bits per heavy atom. The van der Waals surface area contributed by atoms with Gasteiger partial charge in [-0.25, -0.2) is 9.78 Å². The maximum Gasteiger partial charge on any atom is 0.335 e. The maximum absolute atomic E-state index is 11.1. The second kappa shape index (κ2) is 7.74. The van der Waals surface area contributed by atoms with Crippen LogP contribution in [0, 0.1) is 5.92 Å². The molecule has 1 aromatic heterocycles. The normalized spacial score (nSPS) is 12.2. The van der Waals surface area contributed by atoms with Crippen molar-refractivity contribution in [1.82, 2.24) is 4.98 Å². The van der Waals surface area contributed by atoms with Crippen LogP contribution in [0.1, 0.15) is 36.3 Å². The van der Waals surface area contributed by atoms with E-state index >= 15 is 0 Å². The SMILES string of the molecule is CCCc1cc(C(=O)O)cc(NCC(C)COC)n1. The molecular formula is C14H22N2O3. The molecule has 1 atom stereocenters. The zero-order valence-corrected chi connectivity index (χ0v) is 11.8. The first-order valence-electron chi connectivity index (χ1n) is 6.53. The number of aryl methyl sites for hydroxylation is 1. The van der Waals surface area contributed by atoms with Gasteiger partial charge in [0.15, 0.2) is 0 Å². The Morgan fingerprint density at radius 2 is 2.26 bits per heavy atom. The van der Waals surface area contributed by atoms with Gasteiger partial charge in [-0.1, -0.05) is 20.3 Å². The Hall–Kier alpha value is -1.62. The third-order valence-corrected chi connectivity index (χ3v) is 2.71. The number of aromatic nitrogens is 1. The molecule has 19 heavy (non-hydrogen) atoms. The maximum atomic E-state index is 11.1. The summed E-state index contributed by atoms with van der Waals surface area (Å²) in [4.78, 5) is 15.5. The Balaban J connectivity index is 2.78. The Bertz CT molecular complexity index is 421. The summed E-state index contributed by atoms with van der Waals surface area (Å²) in [6.07, 6.45) is 1.72. The highest BCUT2D eigenvalue weighted by Gasteiger charge is 2.09. The second-order valence-corrected chi connectivity index (χ2v) is 4.73. The summed E-state index contributed by atoms with van der Waals surface area (Å²) < 4.78 is 5.06. The lowest BCUT2D eigenvalue weighted by Gasteiger charge is -2.13. The number of nitrogens with zero attached hydrogens (tertiary/aromatic N) is 1. The fourth-order valence-electron chi connectivity index (χ4n) is 1.81. The average Bonchev–Trinajstić information content (AvgIpc) is 2.37. The van der Waals surface area contributed by atoms with E-state index in [1.165, 1.54) is 0 Å². The van der Waals surface area contributed by atoms with Crippen LogP contribution in [0.5, 0.6) is 0 Å². The summed E-state index contributed by atoms with van der Waals surface area (Å²) in [5, 5.41) is 12.3. The third-order valence-electron chi connectivity index (χ3n) is 2.71. The summed E-state index contributed by atoms with van der Waals surface area (Å²) in [6.45, 7) is 5.47. The standard InChI is InChI=1S/C14H22N2O3/c1-4-5-12-6-11(14(17)18)7-13(16-12)15-8-10(2)9-19-3/h6-7,10H,4-5,8-9H2,1-3H3,(H,15,16)(H,17,18). The summed E-state index contributed by atoms with van der Waals surface area (Å²) in [5.41, 5.74) is 1.09. The van der Waals surface area contributed by atoms with Gasteiger partial charge in [0.2, 0.25) is 0 Å². The van der Waals surface area contributed by atoms with E-state index in [9.17, 15) is 4.79 Å². The van der Waals surface area contributed by atoms with Gasteiger partial charge < -0.3 is 15.2 Å². The minimum absolute atomic E-state index is 0.278. The molecule has 0 aliphatic heterocycles. The summed E-state index contributed by atoms with van der Waals surface area (Å²) in [7, 11) is 1.67. The lowest BCUT2D eigenvalue weighted by atomic mass is 10.1. The average molecular weight is 266 g/mol. The van der Waals surface area contributed by atoms with E-state index in [-0.39, 0.29) is 5.56 Å². The molecule has 5 nitrogen and oxygen atoms in total. The van der Waals surface area contributed by atoms with Crippen molar-refractivity contribution < 1.29 is 14.6 Å². The van der Waals surface area contributed by atoms with Crippen LogP contribution in [-0.2, 0) is 11.2 Å². The predicted molar refractivity (Wildman–Crippen MR) is 74.7 cm³/mol. The lowest BCUT2D eigenvalue weighted by Crippen LogP contribution is -2.17. The van der Waals surface area contributed by atoms with Gasteiger partial charge in [-0.2, -0.15) is 0 Å². The zero-order valence-electron chi connectivity index (χ0n) is 11.8. The molecule has 0 aromatic carbocycles. The number of methoxy groups -OCH3 is 1. The lowest BCUT2D eigenvalue weighted by molar-refractivity contribution is 0.0696. The highest BCUT2D eigenvalue weighted by atomic mass is 16.5. The molecule has 0 aliphatic rings. The molecule has 0 radical (unpaired) electrons. The van der Waals surface area contributed by atoms with Crippen LogP contribution in [-0.4, -0.2) is 36.3 Å². The van der Waals surface area contributed by atoms with E-state index in [1.54, 1.807) is 19.2 Å². The Labute approximate surface area is 114 Å². The van der Waals surface area contributed by atoms with Crippen LogP contribution in [0.25, 0.3) is 0 Å². The molecule has 0 spiro atoms. The number of aromatic carboxylic acids is 1. The van der Waals surface area contributed by atoms with E-state index in [4.69, 9.17) is 9.84 Å². The summed E-state index contributed by atoms with van der Waals surface area (Å²) >= 11 is 0. The topological polar surface area (TPSA) is 71.5 Å². The summed E-state index contributed by atoms with van der Waals surface area (Å²) in [5.74, 6) is 0.0361. The number of rotatable bonds is 8. The van der Waals surface area contributed by atoms with Gasteiger partial charge in [0.25, 0.3) is 0 Å². The molecule has 1 heterocycles. The van der Waals surface area contributed by atoms with Crippen LogP contribution in [0.2, 0.25) is 0 Å². The molecular weight excluding hydrogens is 244 g/mol. The minimum atomic E-state index is -0.923. The molecule has 0 saturated carbocycles. The number of carbonyl (C=O) groups is 1. The molecule has 1 unspecified atom stereocenters. The number of carboxylic acid groups (broad SMARTS) is 1. The molecule has 1 rings (SSSR count). The number of nitrogens with one attached hydrogen (secondary N) is 1. The largest absolute Gasteiger partial charge is 0.478 e. The van der Waals surface area contributed by atoms with Crippen molar-refractivity contribution in [2.24, 2.45) is 5.92 Å². The smallest absolute Gasteiger partial charge is 0.335 e. The molecule has 2 N–H and O–H groups in total. The molecule has 106 valence electrons. The third kappa shape index (κ3) is 5.26. The Kier molecular flexibility index (Phi) is 6.29. The minimum Gasteiger partial charge on any atom is -0.478 e. The van der Waals surface area contributed by atoms with E-state index in [2.05, 4.69) is 17.2 Å². The van der Waals surface area contributed by atoms with Gasteiger partial charge in [0.05, 0.1) is 12.2 Å². The quantitative estimate of drug-likeness (QED) is 0.756. The molecule has 0 aliphatic carbocycles. The predicted octanol–water partition coefficient (Wildman–Crippen LogP) is 2.43. The first kappa shape index (κ1) is 15.4. The monoisotopic (exact) mass is 266 g/mol. The van der Waals surface area contributed by atoms with Crippen molar-refractivity contribution in [2.75, 3.05) is 25.6 Å². The number of hydrogen-bond donors (Lipinski definition) is 2. The number of carboxylic acids is 1. The fraction of sp³-hybridized carbons (Fsp3) is 0.571. The van der Waals surface area contributed by atoms with Gasteiger partial charge >= 0.3 is 5.97 Å². The number of pyridine rings is 1. The molecule has 1 aromatic rings. The number of ether oxygens (including phenoxy) is 1. The second-order valence-electron chi connectivity index (χ2n) is 4.73. The van der Waals surface area contributed by atoms with E-state index in [1.807, 2.05) is 6.92 Å². The van der Waals surface area contributed by atoms with Crippen molar-refractivity contribution in [3.05, 3.63) is 23.4 Å². The van der Waals surface area contributed by atoms with Crippen molar-refractivity contribution in [1.29, 1.82) is 0 Å². The van der Waals surface area contributed by atoms with Gasteiger partial charge in [0.1, 0.15) is 5.82 Å². The fourth-order valence-corrected chi connectivity index (χ4v) is 1.81. The first-order valence-corrected chi connectivity index (χ1v) is 6.53. The van der Waals surface area contributed by atoms with E-state index in [0.29, 0.717) is 24.9 Å². The van der Waals surface area contributed by atoms with Crippen molar-refractivity contribution in [2.45, 2.75) is 26.7 Å². The number of anilines is 1. The van der Waals surface area contributed by atoms with Gasteiger partial charge in [-0.05, 0) is 24.5 Å². The van der Waals surface area contributed by atoms with Crippen molar-refractivity contribution in [3.8, 4) is 0 Å². The van der Waals surface area contributed by atoms with Crippen molar-refractivity contribution >= 4 is 11.8 Å². The highest BCUT2D eigenvalue weighted by Crippen LogP contribution is 2.13. The first-order chi connectivity index (χ1) is 9.06. The number of hydrogen-bond acceptors (Lipinski definition) is 4. The van der Waals surface area contributed by atoms with Crippen LogP contribution in [0.3, 0.4) is 0 Å². The van der Waals surface area contributed by atoms with Gasteiger partial charge in [-0.15, -0.1) is 0 Å². The van der Waals surface area contributed by atoms with Crippen LogP contribution >= 0.6 is 0 Å². The van der Waals surface area contributed by atoms with E-state index < -0.39 is 5.97 Å². The van der Waals surface area contributed by atoms with Crippen LogP contribution in [0.4, 0.5) is 5.82 Å². The molecule has 0 fully saturated rings. The summed E-state index contributed by atoms with van der Waals surface area (Å²) in [6, 6.07) is 3.20. The van der Waals surface area contributed by atoms with Crippen LogP contribution < -0.4 is 5.32 Å². The Morgan fingerprint density at radius 1 is 1.53 bits per heavy atom. The zero-order chi connectivity index (χ0) is 14.3. The molecule has 0 saturated heterocycles. The molecule has 0 amide bonds. The molecule has 5 heteroatoms. The molecule has 0 bridgehead atoms. The van der Waals surface area contributed by atoms with E-state index in [0.717, 1.165) is 18.5 Å². The van der Waals surface area contributed by atoms with Gasteiger partial charge in [0, 0.05) is 19.3 Å². The highest BCUT2D eigenvalue weighted by molar-refractivity contribution is 5.88.